The van der Waals surface area contributed by atoms with Crippen LogP contribution in [0, 0.1) is 0 Å². The maximum Gasteiger partial charge on any atom is 0.303 e. The summed E-state index contributed by atoms with van der Waals surface area (Å²) < 4.78 is 7.66. The van der Waals surface area contributed by atoms with Gasteiger partial charge in [0.2, 0.25) is 0 Å². The monoisotopic (exact) mass is 321 g/mol. The fourth-order valence-corrected chi connectivity index (χ4v) is 3.20. The number of aryl methyl sites for hydroxylation is 1. The molecule has 5 heteroatoms. The molecule has 2 aromatic heterocycles. The van der Waals surface area contributed by atoms with E-state index in [1.807, 2.05) is 42.5 Å². The number of pyridine rings is 1. The third kappa shape index (κ3) is 2.17. The van der Waals surface area contributed by atoms with Crippen LogP contribution in [0.4, 0.5) is 0 Å². The Morgan fingerprint density at radius 2 is 1.67 bits per heavy atom. The number of carbonyl (C=O) groups is 1. The van der Waals surface area contributed by atoms with Crippen molar-refractivity contribution in [3.05, 3.63) is 58.9 Å². The molecule has 0 saturated heterocycles. The van der Waals surface area contributed by atoms with Crippen molar-refractivity contribution in [3.8, 4) is 0 Å². The highest BCUT2D eigenvalue weighted by molar-refractivity contribution is 6.12. The summed E-state index contributed by atoms with van der Waals surface area (Å²) in [5.74, 6) is -0.864. The third-order valence-corrected chi connectivity index (χ3v) is 4.26. The molecule has 0 fully saturated rings. The Bertz CT molecular complexity index is 1140. The van der Waals surface area contributed by atoms with Gasteiger partial charge in [0, 0.05) is 23.7 Å². The number of nitrogens with zero attached hydrogens (tertiary/aromatic N) is 1. The molecule has 2 heterocycles. The SMILES string of the molecule is O=C(O)CCCn1c(=O)c2ccccc2c2oc3ccccc3c21. The molecule has 4 aromatic rings. The van der Waals surface area contributed by atoms with Crippen LogP contribution in [0.15, 0.2) is 57.7 Å². The van der Waals surface area contributed by atoms with Gasteiger partial charge in [0.1, 0.15) is 5.58 Å². The Morgan fingerprint density at radius 1 is 1.00 bits per heavy atom. The molecular formula is C19H15NO4. The average Bonchev–Trinajstić information content (AvgIpc) is 2.97. The first-order chi connectivity index (χ1) is 11.7. The first kappa shape index (κ1) is 14.5. The zero-order chi connectivity index (χ0) is 16.7. The van der Waals surface area contributed by atoms with Crippen LogP contribution in [-0.2, 0) is 11.3 Å². The Kier molecular flexibility index (Phi) is 3.34. The van der Waals surface area contributed by atoms with Crippen LogP contribution in [0.2, 0.25) is 0 Å². The van der Waals surface area contributed by atoms with Crippen LogP contribution in [-0.4, -0.2) is 15.6 Å². The topological polar surface area (TPSA) is 72.4 Å². The van der Waals surface area contributed by atoms with Gasteiger partial charge in [-0.2, -0.15) is 0 Å². The second kappa shape index (κ2) is 5.53. The van der Waals surface area contributed by atoms with E-state index in [0.717, 1.165) is 21.9 Å². The molecule has 4 rings (SSSR count). The number of hydrogen-bond acceptors (Lipinski definition) is 3. The Labute approximate surface area is 136 Å². The van der Waals surface area contributed by atoms with Crippen molar-refractivity contribution in [2.75, 3.05) is 0 Å². The highest BCUT2D eigenvalue weighted by Crippen LogP contribution is 2.32. The molecular weight excluding hydrogens is 306 g/mol. The zero-order valence-electron chi connectivity index (χ0n) is 12.9. The van der Waals surface area contributed by atoms with E-state index < -0.39 is 5.97 Å². The lowest BCUT2D eigenvalue weighted by Crippen LogP contribution is -2.21. The summed E-state index contributed by atoms with van der Waals surface area (Å²) in [6.45, 7) is 0.343. The molecule has 0 bridgehead atoms. The van der Waals surface area contributed by atoms with E-state index in [9.17, 15) is 9.59 Å². The number of carboxylic acids is 1. The van der Waals surface area contributed by atoms with Crippen molar-refractivity contribution in [2.24, 2.45) is 0 Å². The lowest BCUT2D eigenvalue weighted by Gasteiger charge is -2.09. The fraction of sp³-hybridized carbons (Fsp3) is 0.158. The average molecular weight is 321 g/mol. The minimum absolute atomic E-state index is 0.0243. The van der Waals surface area contributed by atoms with E-state index >= 15 is 0 Å². The normalized spacial score (nSPS) is 11.5. The molecule has 0 unspecified atom stereocenters. The number of hydrogen-bond donors (Lipinski definition) is 1. The number of aromatic nitrogens is 1. The summed E-state index contributed by atoms with van der Waals surface area (Å²) in [7, 11) is 0. The summed E-state index contributed by atoms with van der Waals surface area (Å²) in [5.41, 5.74) is 2.01. The molecule has 2 aromatic carbocycles. The van der Waals surface area contributed by atoms with Crippen molar-refractivity contribution in [3.63, 3.8) is 0 Å². The number of aliphatic carboxylic acids is 1. The lowest BCUT2D eigenvalue weighted by molar-refractivity contribution is -0.137. The zero-order valence-corrected chi connectivity index (χ0v) is 12.9. The minimum atomic E-state index is -0.864. The Hall–Kier alpha value is -3.08. The van der Waals surface area contributed by atoms with Crippen LogP contribution < -0.4 is 5.56 Å². The van der Waals surface area contributed by atoms with Crippen LogP contribution >= 0.6 is 0 Å². The Balaban J connectivity index is 2.08. The van der Waals surface area contributed by atoms with Crippen molar-refractivity contribution >= 4 is 38.8 Å². The van der Waals surface area contributed by atoms with Gasteiger partial charge in [0.25, 0.3) is 5.56 Å². The summed E-state index contributed by atoms with van der Waals surface area (Å²) in [4.78, 5) is 23.7. The van der Waals surface area contributed by atoms with E-state index in [1.54, 1.807) is 10.6 Å². The molecule has 1 N–H and O–H groups in total. The van der Waals surface area contributed by atoms with Crippen molar-refractivity contribution in [1.29, 1.82) is 0 Å². The van der Waals surface area contributed by atoms with Crippen LogP contribution in [0.25, 0.3) is 32.8 Å². The van der Waals surface area contributed by atoms with Gasteiger partial charge in [0.15, 0.2) is 5.58 Å². The van der Waals surface area contributed by atoms with Gasteiger partial charge < -0.3 is 14.1 Å². The summed E-state index contributed by atoms with van der Waals surface area (Å²) >= 11 is 0. The summed E-state index contributed by atoms with van der Waals surface area (Å²) in [5, 5.41) is 11.1. The highest BCUT2D eigenvalue weighted by Gasteiger charge is 2.17. The van der Waals surface area contributed by atoms with Crippen molar-refractivity contribution in [2.45, 2.75) is 19.4 Å². The van der Waals surface area contributed by atoms with Crippen molar-refractivity contribution < 1.29 is 14.3 Å². The van der Waals surface area contributed by atoms with Gasteiger partial charge in [-0.3, -0.25) is 9.59 Å². The number of rotatable bonds is 4. The van der Waals surface area contributed by atoms with Crippen LogP contribution in [0.3, 0.4) is 0 Å². The third-order valence-electron chi connectivity index (χ3n) is 4.26. The largest absolute Gasteiger partial charge is 0.481 e. The van der Waals surface area contributed by atoms with Gasteiger partial charge in [-0.1, -0.05) is 30.3 Å². The molecule has 0 amide bonds. The molecule has 24 heavy (non-hydrogen) atoms. The minimum Gasteiger partial charge on any atom is -0.481 e. The molecule has 0 aliphatic heterocycles. The van der Waals surface area contributed by atoms with Gasteiger partial charge >= 0.3 is 5.97 Å². The van der Waals surface area contributed by atoms with Gasteiger partial charge in [-0.05, 0) is 24.6 Å². The quantitative estimate of drug-likeness (QED) is 0.621. The molecule has 5 nitrogen and oxygen atoms in total. The second-order valence-corrected chi connectivity index (χ2v) is 5.78. The number of carboxylic acid groups (broad SMARTS) is 1. The van der Waals surface area contributed by atoms with E-state index in [-0.39, 0.29) is 12.0 Å². The summed E-state index contributed by atoms with van der Waals surface area (Å²) in [6.07, 6.45) is 0.415. The standard InChI is InChI=1S/C19H15NO4/c21-16(22)10-5-11-20-17-14-8-3-4-9-15(14)24-18(17)12-6-1-2-7-13(12)19(20)23/h1-4,6-9H,5,10-11H2,(H,21,22). The van der Waals surface area contributed by atoms with E-state index in [4.69, 9.17) is 9.52 Å². The fourth-order valence-electron chi connectivity index (χ4n) is 3.20. The molecule has 0 radical (unpaired) electrons. The van der Waals surface area contributed by atoms with E-state index in [2.05, 4.69) is 0 Å². The lowest BCUT2D eigenvalue weighted by atomic mass is 10.1. The van der Waals surface area contributed by atoms with E-state index in [1.165, 1.54) is 0 Å². The molecule has 0 aliphatic carbocycles. The molecule has 0 saturated carbocycles. The molecule has 0 aliphatic rings. The van der Waals surface area contributed by atoms with Crippen molar-refractivity contribution in [1.82, 2.24) is 4.57 Å². The first-order valence-corrected chi connectivity index (χ1v) is 7.81. The predicted molar refractivity (Wildman–Crippen MR) is 92.4 cm³/mol. The molecule has 0 spiro atoms. The number of benzene rings is 2. The van der Waals surface area contributed by atoms with Gasteiger partial charge in [-0.25, -0.2) is 0 Å². The first-order valence-electron chi connectivity index (χ1n) is 7.81. The number of fused-ring (bicyclic) bond motifs is 5. The van der Waals surface area contributed by atoms with Crippen LogP contribution in [0.1, 0.15) is 12.8 Å². The van der Waals surface area contributed by atoms with Crippen LogP contribution in [0.5, 0.6) is 0 Å². The number of furan rings is 1. The number of para-hydroxylation sites is 1. The predicted octanol–water partition coefficient (Wildman–Crippen LogP) is 3.77. The molecule has 120 valence electrons. The highest BCUT2D eigenvalue weighted by atomic mass is 16.4. The maximum absolute atomic E-state index is 12.9. The smallest absolute Gasteiger partial charge is 0.303 e. The van der Waals surface area contributed by atoms with Gasteiger partial charge in [-0.15, -0.1) is 0 Å². The van der Waals surface area contributed by atoms with E-state index in [0.29, 0.717) is 23.9 Å². The summed E-state index contributed by atoms with van der Waals surface area (Å²) in [6, 6.07) is 14.9. The maximum atomic E-state index is 12.9. The Morgan fingerprint density at radius 3 is 2.42 bits per heavy atom. The second-order valence-electron chi connectivity index (χ2n) is 5.78. The van der Waals surface area contributed by atoms with Gasteiger partial charge in [0.05, 0.1) is 10.9 Å². The molecule has 0 atom stereocenters.